The highest BCUT2D eigenvalue weighted by Crippen LogP contribution is 2.30. The van der Waals surface area contributed by atoms with Crippen LogP contribution in [-0.2, 0) is 6.61 Å². The Morgan fingerprint density at radius 3 is 2.53 bits per heavy atom. The molecule has 0 N–H and O–H groups in total. The summed E-state index contributed by atoms with van der Waals surface area (Å²) in [6.45, 7) is 0.0820. The maximum atomic E-state index is 13.5. The summed E-state index contributed by atoms with van der Waals surface area (Å²) in [6, 6.07) is 11.1. The van der Waals surface area contributed by atoms with Gasteiger partial charge >= 0.3 is 5.69 Å². The number of halogens is 2. The molecule has 0 spiro atoms. The highest BCUT2D eigenvalue weighted by atomic mass is 127. The van der Waals surface area contributed by atoms with E-state index in [-0.39, 0.29) is 18.0 Å². The number of nitro groups is 1. The van der Waals surface area contributed by atoms with E-state index in [0.717, 1.165) is 15.2 Å². The van der Waals surface area contributed by atoms with Crippen molar-refractivity contribution in [2.45, 2.75) is 6.61 Å². The first-order valence-corrected chi connectivity index (χ1v) is 6.46. The van der Waals surface area contributed by atoms with E-state index in [9.17, 15) is 14.5 Å². The van der Waals surface area contributed by atoms with Crippen LogP contribution in [0, 0.1) is 19.5 Å². The first-order valence-electron chi connectivity index (χ1n) is 5.38. The summed E-state index contributed by atoms with van der Waals surface area (Å²) in [4.78, 5) is 10.1. The van der Waals surface area contributed by atoms with Gasteiger partial charge in [0.2, 0.25) is 5.75 Å². The number of nitrogens with zero attached hydrogens (tertiary/aromatic N) is 1. The maximum absolute atomic E-state index is 13.5. The van der Waals surface area contributed by atoms with Crippen LogP contribution in [-0.4, -0.2) is 4.92 Å². The van der Waals surface area contributed by atoms with Gasteiger partial charge in [0, 0.05) is 9.64 Å². The highest BCUT2D eigenvalue weighted by Gasteiger charge is 2.19. The van der Waals surface area contributed by atoms with E-state index in [4.69, 9.17) is 4.74 Å². The fourth-order valence-corrected chi connectivity index (χ4v) is 1.88. The molecule has 6 heteroatoms. The topological polar surface area (TPSA) is 52.4 Å². The van der Waals surface area contributed by atoms with E-state index in [2.05, 4.69) is 22.6 Å². The molecule has 0 aliphatic rings. The fraction of sp³-hybridized carbons (Fsp3) is 0.0769. The number of ether oxygens (including phenoxy) is 1. The smallest absolute Gasteiger partial charge is 0.314 e. The predicted octanol–water partition coefficient (Wildman–Crippen LogP) is 3.92. The van der Waals surface area contributed by atoms with Crippen molar-refractivity contribution in [3.05, 3.63) is 67.5 Å². The van der Waals surface area contributed by atoms with Gasteiger partial charge in [-0.2, -0.15) is 0 Å². The van der Waals surface area contributed by atoms with Crippen LogP contribution in [0.3, 0.4) is 0 Å². The van der Waals surface area contributed by atoms with Gasteiger partial charge in [0.15, 0.2) is 5.82 Å². The second kappa shape index (κ2) is 5.96. The van der Waals surface area contributed by atoms with Gasteiger partial charge < -0.3 is 4.74 Å². The number of nitro benzene ring substituents is 1. The summed E-state index contributed by atoms with van der Waals surface area (Å²) in [6.07, 6.45) is 0. The Labute approximate surface area is 122 Å². The molecule has 0 heterocycles. The average Bonchev–Trinajstić information content (AvgIpc) is 2.39. The molecule has 0 radical (unpaired) electrons. The van der Waals surface area contributed by atoms with Gasteiger partial charge in [-0.15, -0.1) is 0 Å². The van der Waals surface area contributed by atoms with Crippen LogP contribution in [0.2, 0.25) is 0 Å². The van der Waals surface area contributed by atoms with E-state index >= 15 is 0 Å². The quantitative estimate of drug-likeness (QED) is 0.464. The zero-order valence-corrected chi connectivity index (χ0v) is 11.8. The lowest BCUT2D eigenvalue weighted by Gasteiger charge is -2.07. The largest absolute Gasteiger partial charge is 0.480 e. The summed E-state index contributed by atoms with van der Waals surface area (Å²) in [5, 5.41) is 10.8. The zero-order valence-electron chi connectivity index (χ0n) is 9.68. The molecule has 0 saturated heterocycles. The van der Waals surface area contributed by atoms with Crippen LogP contribution in [0.15, 0.2) is 42.5 Å². The van der Waals surface area contributed by atoms with Crippen LogP contribution in [0.25, 0.3) is 0 Å². The molecule has 0 aliphatic carbocycles. The number of para-hydroxylation sites is 1. The van der Waals surface area contributed by atoms with Crippen molar-refractivity contribution in [3.63, 3.8) is 0 Å². The first kappa shape index (κ1) is 13.7. The lowest BCUT2D eigenvalue weighted by atomic mass is 10.2. The SMILES string of the molecule is O=[N+]([O-])c1cccc(F)c1OCc1ccc(I)cc1. The summed E-state index contributed by atoms with van der Waals surface area (Å²) >= 11 is 2.17. The summed E-state index contributed by atoms with van der Waals surface area (Å²) < 4.78 is 19.9. The molecule has 0 aliphatic heterocycles. The van der Waals surface area contributed by atoms with E-state index in [0.29, 0.717) is 0 Å². The second-order valence-corrected chi connectivity index (χ2v) is 5.01. The van der Waals surface area contributed by atoms with Crippen molar-refractivity contribution in [1.82, 2.24) is 0 Å². The van der Waals surface area contributed by atoms with Gasteiger partial charge in [-0.05, 0) is 46.4 Å². The standard InChI is InChI=1S/C13H9FINO3/c14-11-2-1-3-12(16(17)18)13(11)19-8-9-4-6-10(15)7-5-9/h1-7H,8H2. The van der Waals surface area contributed by atoms with Crippen LogP contribution < -0.4 is 4.74 Å². The zero-order chi connectivity index (χ0) is 13.8. The minimum absolute atomic E-state index is 0.0820. The fourth-order valence-electron chi connectivity index (χ4n) is 1.52. The summed E-state index contributed by atoms with van der Waals surface area (Å²) in [7, 11) is 0. The second-order valence-electron chi connectivity index (χ2n) is 3.76. The molecule has 0 atom stereocenters. The lowest BCUT2D eigenvalue weighted by Crippen LogP contribution is -2.01. The van der Waals surface area contributed by atoms with Crippen molar-refractivity contribution in [3.8, 4) is 5.75 Å². The molecular weight excluding hydrogens is 364 g/mol. The van der Waals surface area contributed by atoms with Crippen molar-refractivity contribution >= 4 is 28.3 Å². The van der Waals surface area contributed by atoms with Crippen LogP contribution in [0.4, 0.5) is 10.1 Å². The Balaban J connectivity index is 2.19. The number of benzene rings is 2. The third kappa shape index (κ3) is 3.40. The van der Waals surface area contributed by atoms with Gasteiger partial charge in [-0.1, -0.05) is 18.2 Å². The predicted molar refractivity (Wildman–Crippen MR) is 76.5 cm³/mol. The van der Waals surface area contributed by atoms with Crippen molar-refractivity contribution in [2.75, 3.05) is 0 Å². The lowest BCUT2D eigenvalue weighted by molar-refractivity contribution is -0.386. The molecule has 0 amide bonds. The molecule has 19 heavy (non-hydrogen) atoms. The van der Waals surface area contributed by atoms with Gasteiger partial charge in [-0.25, -0.2) is 4.39 Å². The minimum Gasteiger partial charge on any atom is -0.480 e. The first-order chi connectivity index (χ1) is 9.08. The molecule has 98 valence electrons. The van der Waals surface area contributed by atoms with Crippen LogP contribution in [0.1, 0.15) is 5.56 Å². The highest BCUT2D eigenvalue weighted by molar-refractivity contribution is 14.1. The third-order valence-electron chi connectivity index (χ3n) is 2.44. The van der Waals surface area contributed by atoms with E-state index in [1.165, 1.54) is 12.1 Å². The monoisotopic (exact) mass is 373 g/mol. The van der Waals surface area contributed by atoms with Gasteiger partial charge in [0.05, 0.1) is 4.92 Å². The number of hydrogen-bond donors (Lipinski definition) is 0. The molecule has 2 aromatic rings. The Kier molecular flexibility index (Phi) is 4.31. The van der Waals surface area contributed by atoms with Gasteiger partial charge in [0.1, 0.15) is 6.61 Å². The maximum Gasteiger partial charge on any atom is 0.314 e. The van der Waals surface area contributed by atoms with E-state index in [1.807, 2.05) is 24.3 Å². The van der Waals surface area contributed by atoms with Crippen LogP contribution >= 0.6 is 22.6 Å². The van der Waals surface area contributed by atoms with E-state index < -0.39 is 10.7 Å². The van der Waals surface area contributed by atoms with Crippen molar-refractivity contribution in [1.29, 1.82) is 0 Å². The molecule has 2 rings (SSSR count). The van der Waals surface area contributed by atoms with Crippen LogP contribution in [0.5, 0.6) is 5.75 Å². The molecular formula is C13H9FINO3. The van der Waals surface area contributed by atoms with Crippen molar-refractivity contribution < 1.29 is 14.1 Å². The minimum atomic E-state index is -0.736. The Hall–Kier alpha value is -1.70. The summed E-state index contributed by atoms with van der Waals surface area (Å²) in [5.74, 6) is -1.06. The normalized spacial score (nSPS) is 10.2. The Bertz CT molecular complexity index is 601. The molecule has 4 nitrogen and oxygen atoms in total. The summed E-state index contributed by atoms with van der Waals surface area (Å²) in [5.41, 5.74) is 0.448. The molecule has 0 bridgehead atoms. The van der Waals surface area contributed by atoms with Gasteiger partial charge in [-0.3, -0.25) is 10.1 Å². The molecule has 2 aromatic carbocycles. The molecule has 0 saturated carbocycles. The molecule has 0 unspecified atom stereocenters. The molecule has 0 fully saturated rings. The van der Waals surface area contributed by atoms with Gasteiger partial charge in [0.25, 0.3) is 0 Å². The Morgan fingerprint density at radius 2 is 1.89 bits per heavy atom. The third-order valence-corrected chi connectivity index (χ3v) is 3.16. The Morgan fingerprint density at radius 1 is 1.21 bits per heavy atom. The van der Waals surface area contributed by atoms with E-state index in [1.54, 1.807) is 0 Å². The number of hydrogen-bond acceptors (Lipinski definition) is 3. The molecule has 0 aromatic heterocycles. The van der Waals surface area contributed by atoms with Crippen molar-refractivity contribution in [2.24, 2.45) is 0 Å². The average molecular weight is 373 g/mol. The number of rotatable bonds is 4.